The summed E-state index contributed by atoms with van der Waals surface area (Å²) < 4.78 is 2.78. The molecule has 0 radical (unpaired) electrons. The van der Waals surface area contributed by atoms with E-state index in [9.17, 15) is 4.79 Å². The van der Waals surface area contributed by atoms with E-state index >= 15 is 0 Å². The van der Waals surface area contributed by atoms with Gasteiger partial charge in [0.15, 0.2) is 5.78 Å². The van der Waals surface area contributed by atoms with Gasteiger partial charge in [-0.25, -0.2) is 0 Å². The summed E-state index contributed by atoms with van der Waals surface area (Å²) in [6, 6.07) is 13.4. The molecule has 0 atom stereocenters. The van der Waals surface area contributed by atoms with Crippen LogP contribution in [0.1, 0.15) is 15.9 Å². The van der Waals surface area contributed by atoms with Gasteiger partial charge >= 0.3 is 0 Å². The van der Waals surface area contributed by atoms with Crippen LogP contribution in [0.25, 0.3) is 0 Å². The maximum atomic E-state index is 12.2. The highest BCUT2D eigenvalue weighted by Crippen LogP contribution is 2.21. The fourth-order valence-electron chi connectivity index (χ4n) is 1.65. The summed E-state index contributed by atoms with van der Waals surface area (Å²) in [6.07, 6.45) is 0.405. The number of halogens is 3. The molecule has 0 aliphatic rings. The zero-order chi connectivity index (χ0) is 13.1. The Kier molecular flexibility index (Phi) is 4.76. The SMILES string of the molecule is O=C(Cc1cccc(Br)c1)c1cc(Br)cc(Br)c1. The van der Waals surface area contributed by atoms with Crippen molar-refractivity contribution in [3.8, 4) is 0 Å². The lowest BCUT2D eigenvalue weighted by Gasteiger charge is -2.04. The van der Waals surface area contributed by atoms with E-state index in [1.54, 1.807) is 0 Å². The standard InChI is InChI=1S/C14H9Br3O/c15-11-3-1-2-9(4-11)5-14(18)10-6-12(16)8-13(17)7-10/h1-4,6-8H,5H2. The van der Waals surface area contributed by atoms with Crippen LogP contribution in [0.5, 0.6) is 0 Å². The lowest BCUT2D eigenvalue weighted by Crippen LogP contribution is -2.03. The van der Waals surface area contributed by atoms with Gasteiger partial charge in [-0.1, -0.05) is 59.9 Å². The summed E-state index contributed by atoms with van der Waals surface area (Å²) in [7, 11) is 0. The molecule has 2 rings (SSSR count). The van der Waals surface area contributed by atoms with E-state index in [2.05, 4.69) is 47.8 Å². The lowest BCUT2D eigenvalue weighted by atomic mass is 10.0. The van der Waals surface area contributed by atoms with Gasteiger partial charge in [-0.05, 0) is 35.9 Å². The van der Waals surface area contributed by atoms with E-state index < -0.39 is 0 Å². The minimum absolute atomic E-state index is 0.107. The first kappa shape index (κ1) is 14.0. The van der Waals surface area contributed by atoms with Crippen LogP contribution in [0.2, 0.25) is 0 Å². The molecule has 0 fully saturated rings. The number of hydrogen-bond acceptors (Lipinski definition) is 1. The van der Waals surface area contributed by atoms with Crippen LogP contribution >= 0.6 is 47.8 Å². The van der Waals surface area contributed by atoms with Crippen molar-refractivity contribution in [3.05, 3.63) is 67.0 Å². The van der Waals surface area contributed by atoms with E-state index in [0.29, 0.717) is 12.0 Å². The first-order valence-corrected chi connectivity index (χ1v) is 7.66. The lowest BCUT2D eigenvalue weighted by molar-refractivity contribution is 0.0993. The van der Waals surface area contributed by atoms with Crippen molar-refractivity contribution in [2.24, 2.45) is 0 Å². The van der Waals surface area contributed by atoms with Gasteiger partial charge in [0.25, 0.3) is 0 Å². The molecule has 0 N–H and O–H groups in total. The van der Waals surface area contributed by atoms with E-state index in [1.807, 2.05) is 42.5 Å². The molecule has 0 bridgehead atoms. The molecule has 0 heterocycles. The molecule has 0 aliphatic carbocycles. The summed E-state index contributed by atoms with van der Waals surface area (Å²) in [4.78, 5) is 12.2. The van der Waals surface area contributed by atoms with Crippen molar-refractivity contribution in [1.82, 2.24) is 0 Å². The van der Waals surface area contributed by atoms with Gasteiger partial charge in [0.2, 0.25) is 0 Å². The molecule has 0 aromatic heterocycles. The number of carbonyl (C=O) groups excluding carboxylic acids is 1. The molecule has 0 amide bonds. The van der Waals surface area contributed by atoms with E-state index in [4.69, 9.17) is 0 Å². The van der Waals surface area contributed by atoms with Crippen LogP contribution in [-0.4, -0.2) is 5.78 Å². The van der Waals surface area contributed by atoms with Crippen molar-refractivity contribution in [3.63, 3.8) is 0 Å². The smallest absolute Gasteiger partial charge is 0.167 e. The Morgan fingerprint density at radius 2 is 1.56 bits per heavy atom. The minimum atomic E-state index is 0.107. The number of ketones is 1. The fraction of sp³-hybridized carbons (Fsp3) is 0.0714. The van der Waals surface area contributed by atoms with E-state index in [1.165, 1.54) is 0 Å². The largest absolute Gasteiger partial charge is 0.294 e. The van der Waals surface area contributed by atoms with Crippen LogP contribution in [0.4, 0.5) is 0 Å². The van der Waals surface area contributed by atoms with Gasteiger partial charge in [0.05, 0.1) is 0 Å². The monoisotopic (exact) mass is 430 g/mol. The van der Waals surface area contributed by atoms with Crippen LogP contribution in [0.3, 0.4) is 0 Å². The number of carbonyl (C=O) groups is 1. The molecule has 2 aromatic rings. The minimum Gasteiger partial charge on any atom is -0.294 e. The van der Waals surface area contributed by atoms with Gasteiger partial charge in [0.1, 0.15) is 0 Å². The molecule has 2 aromatic carbocycles. The molecule has 0 saturated carbocycles. The highest BCUT2D eigenvalue weighted by molar-refractivity contribution is 9.11. The Morgan fingerprint density at radius 3 is 2.17 bits per heavy atom. The molecular formula is C14H9Br3O. The van der Waals surface area contributed by atoms with Gasteiger partial charge < -0.3 is 0 Å². The van der Waals surface area contributed by atoms with Gasteiger partial charge in [-0.2, -0.15) is 0 Å². The second kappa shape index (κ2) is 6.13. The van der Waals surface area contributed by atoms with Crippen LogP contribution in [-0.2, 0) is 6.42 Å². The number of rotatable bonds is 3. The Balaban J connectivity index is 2.22. The molecule has 1 nitrogen and oxygen atoms in total. The first-order chi connectivity index (χ1) is 8.54. The van der Waals surface area contributed by atoms with Crippen molar-refractivity contribution >= 4 is 53.6 Å². The molecule has 0 unspecified atom stereocenters. The Morgan fingerprint density at radius 1 is 0.889 bits per heavy atom. The zero-order valence-electron chi connectivity index (χ0n) is 9.29. The van der Waals surface area contributed by atoms with Gasteiger partial charge in [0, 0.05) is 25.4 Å². The molecule has 18 heavy (non-hydrogen) atoms. The first-order valence-electron chi connectivity index (χ1n) is 5.28. The van der Waals surface area contributed by atoms with Crippen molar-refractivity contribution in [2.45, 2.75) is 6.42 Å². The summed E-state index contributed by atoms with van der Waals surface area (Å²) >= 11 is 10.2. The summed E-state index contributed by atoms with van der Waals surface area (Å²) in [5, 5.41) is 0. The van der Waals surface area contributed by atoms with Gasteiger partial charge in [-0.15, -0.1) is 0 Å². The maximum absolute atomic E-state index is 12.2. The van der Waals surface area contributed by atoms with Crippen molar-refractivity contribution in [1.29, 1.82) is 0 Å². The normalized spacial score (nSPS) is 10.4. The van der Waals surface area contributed by atoms with Crippen molar-refractivity contribution < 1.29 is 4.79 Å². The quantitative estimate of drug-likeness (QED) is 0.593. The Labute approximate surface area is 131 Å². The van der Waals surface area contributed by atoms with Crippen molar-refractivity contribution in [2.75, 3.05) is 0 Å². The second-order valence-electron chi connectivity index (χ2n) is 3.89. The highest BCUT2D eigenvalue weighted by Gasteiger charge is 2.09. The highest BCUT2D eigenvalue weighted by atomic mass is 79.9. The van der Waals surface area contributed by atoms with Gasteiger partial charge in [-0.3, -0.25) is 4.79 Å². The third-order valence-corrected chi connectivity index (χ3v) is 3.85. The van der Waals surface area contributed by atoms with Crippen LogP contribution in [0.15, 0.2) is 55.9 Å². The van der Waals surface area contributed by atoms with E-state index in [0.717, 1.165) is 19.0 Å². The Bertz CT molecular complexity index is 573. The fourth-order valence-corrected chi connectivity index (χ4v) is 3.39. The predicted octanol–water partition coefficient (Wildman–Crippen LogP) is 5.40. The number of benzene rings is 2. The summed E-state index contributed by atoms with van der Waals surface area (Å²) in [6.45, 7) is 0. The second-order valence-corrected chi connectivity index (χ2v) is 6.64. The average molecular weight is 433 g/mol. The van der Waals surface area contributed by atoms with Crippen LogP contribution < -0.4 is 0 Å². The average Bonchev–Trinajstić information content (AvgIpc) is 2.27. The Hall–Kier alpha value is -0.450. The number of hydrogen-bond donors (Lipinski definition) is 0. The summed E-state index contributed by atoms with van der Waals surface area (Å²) in [5.74, 6) is 0.107. The topological polar surface area (TPSA) is 17.1 Å². The zero-order valence-corrected chi connectivity index (χ0v) is 14.0. The molecule has 4 heteroatoms. The third-order valence-electron chi connectivity index (χ3n) is 2.44. The molecule has 92 valence electrons. The van der Waals surface area contributed by atoms with Crippen LogP contribution in [0, 0.1) is 0 Å². The van der Waals surface area contributed by atoms with E-state index in [-0.39, 0.29) is 5.78 Å². The predicted molar refractivity (Wildman–Crippen MR) is 84.0 cm³/mol. The molecule has 0 aliphatic heterocycles. The maximum Gasteiger partial charge on any atom is 0.167 e. The molecule has 0 spiro atoms. The molecular weight excluding hydrogens is 424 g/mol. The summed E-state index contributed by atoms with van der Waals surface area (Å²) in [5.41, 5.74) is 1.71. The molecule has 0 saturated heterocycles. The third kappa shape index (κ3) is 3.77. The number of Topliss-reactive ketones (excluding diaryl/α,β-unsaturated/α-hetero) is 1.